The fourth-order valence-electron chi connectivity index (χ4n) is 5.46. The molecule has 1 N–H and O–H groups in total. The van der Waals surface area contributed by atoms with Gasteiger partial charge in [-0.1, -0.05) is 6.07 Å². The minimum absolute atomic E-state index is 0.0124. The first-order valence-corrected chi connectivity index (χ1v) is 13.9. The first-order chi connectivity index (χ1) is 18.9. The van der Waals surface area contributed by atoms with Gasteiger partial charge in [0.25, 0.3) is 11.8 Å². The van der Waals surface area contributed by atoms with Gasteiger partial charge in [0.1, 0.15) is 11.5 Å². The maximum Gasteiger partial charge on any atom is 0.253 e. The molecule has 2 heterocycles. The molecule has 39 heavy (non-hydrogen) atoms. The monoisotopic (exact) mass is 530 g/mol. The van der Waals surface area contributed by atoms with Crippen LogP contribution in [0.15, 0.2) is 42.5 Å². The molecule has 2 aromatic rings. The molecule has 2 aliphatic carbocycles. The van der Waals surface area contributed by atoms with E-state index in [1.807, 2.05) is 18.0 Å². The number of nitrogens with zero attached hydrogens (tertiary/aromatic N) is 3. The van der Waals surface area contributed by atoms with Gasteiger partial charge in [-0.3, -0.25) is 19.2 Å². The van der Waals surface area contributed by atoms with Gasteiger partial charge in [0.2, 0.25) is 11.8 Å². The third-order valence-electron chi connectivity index (χ3n) is 8.09. The van der Waals surface area contributed by atoms with Crippen molar-refractivity contribution in [2.75, 3.05) is 20.1 Å². The Bertz CT molecular complexity index is 1300. The molecule has 4 aliphatic rings. The smallest absolute Gasteiger partial charge is 0.253 e. The van der Waals surface area contributed by atoms with Crippen molar-refractivity contribution in [3.63, 3.8) is 0 Å². The molecule has 2 saturated carbocycles. The van der Waals surface area contributed by atoms with Gasteiger partial charge < -0.3 is 24.8 Å². The van der Waals surface area contributed by atoms with Crippen LogP contribution in [-0.4, -0.2) is 76.6 Å². The number of likely N-dealkylation sites (tertiary alicyclic amines) is 2. The van der Waals surface area contributed by atoms with E-state index >= 15 is 0 Å². The zero-order chi connectivity index (χ0) is 27.1. The highest BCUT2D eigenvalue weighted by molar-refractivity contribution is 5.96. The molecule has 204 valence electrons. The number of rotatable bonds is 9. The summed E-state index contributed by atoms with van der Waals surface area (Å²) < 4.78 is 6.24. The lowest BCUT2D eigenvalue weighted by Gasteiger charge is -2.20. The predicted molar refractivity (Wildman–Crippen MR) is 143 cm³/mol. The molecule has 2 aliphatic heterocycles. The maximum absolute atomic E-state index is 13.2. The fourth-order valence-corrected chi connectivity index (χ4v) is 5.46. The minimum Gasteiger partial charge on any atom is -0.457 e. The van der Waals surface area contributed by atoms with Crippen LogP contribution >= 0.6 is 0 Å². The molecule has 1 unspecified atom stereocenters. The maximum atomic E-state index is 13.2. The van der Waals surface area contributed by atoms with E-state index in [1.165, 1.54) is 0 Å². The average Bonchev–Trinajstić information content (AvgIpc) is 3.87. The molecule has 0 radical (unpaired) electrons. The Morgan fingerprint density at radius 2 is 1.74 bits per heavy atom. The van der Waals surface area contributed by atoms with Crippen LogP contribution in [-0.2, 0) is 16.1 Å². The van der Waals surface area contributed by atoms with Gasteiger partial charge in [-0.2, -0.15) is 0 Å². The molecular weight excluding hydrogens is 496 g/mol. The van der Waals surface area contributed by atoms with Crippen molar-refractivity contribution >= 4 is 23.6 Å². The van der Waals surface area contributed by atoms with Crippen molar-refractivity contribution in [3.05, 3.63) is 59.2 Å². The number of hydrogen-bond acceptors (Lipinski definition) is 5. The van der Waals surface area contributed by atoms with Crippen molar-refractivity contribution in [2.24, 2.45) is 0 Å². The molecule has 9 heteroatoms. The zero-order valence-electron chi connectivity index (χ0n) is 22.2. The zero-order valence-corrected chi connectivity index (χ0v) is 22.2. The molecule has 0 bridgehead atoms. The molecule has 0 aromatic heterocycles. The number of nitrogens with one attached hydrogen (secondary N) is 1. The summed E-state index contributed by atoms with van der Waals surface area (Å²) in [7, 11) is 1.83. The van der Waals surface area contributed by atoms with Gasteiger partial charge in [-0.15, -0.1) is 0 Å². The summed E-state index contributed by atoms with van der Waals surface area (Å²) in [6.45, 7) is 1.64. The largest absolute Gasteiger partial charge is 0.457 e. The van der Waals surface area contributed by atoms with Crippen LogP contribution in [0, 0.1) is 0 Å². The quantitative estimate of drug-likeness (QED) is 0.536. The Morgan fingerprint density at radius 3 is 2.41 bits per heavy atom. The molecule has 0 spiro atoms. The first kappa shape index (κ1) is 25.4. The number of amides is 4. The second-order valence-corrected chi connectivity index (χ2v) is 11.2. The lowest BCUT2D eigenvalue weighted by atomic mass is 10.1. The third kappa shape index (κ3) is 5.62. The van der Waals surface area contributed by atoms with Gasteiger partial charge in [-0.25, -0.2) is 0 Å². The summed E-state index contributed by atoms with van der Waals surface area (Å²) in [6.07, 6.45) is 5.87. The van der Waals surface area contributed by atoms with Gasteiger partial charge in [0, 0.05) is 68.3 Å². The number of hydrogen-bond donors (Lipinski definition) is 1. The third-order valence-corrected chi connectivity index (χ3v) is 8.09. The van der Waals surface area contributed by atoms with Crippen molar-refractivity contribution in [2.45, 2.75) is 69.6 Å². The Hall–Kier alpha value is -3.88. The topological polar surface area (TPSA) is 99.3 Å². The number of ether oxygens (including phenoxy) is 1. The summed E-state index contributed by atoms with van der Waals surface area (Å²) in [4.78, 5) is 55.9. The predicted octanol–water partition coefficient (Wildman–Crippen LogP) is 3.33. The Balaban J connectivity index is 1.19. The van der Waals surface area contributed by atoms with Crippen LogP contribution in [0.5, 0.6) is 11.5 Å². The SMILES string of the molecule is CN(C(=O)c1ccc(Oc2cc(C(=O)NC3CC(=O)N(C4CC4)C3)ccc2CN2CCCC2=O)cc1)C1CC1. The standard InChI is InChI=1S/C30H34N4O5/c1-32(23-8-9-23)30(38)19-6-12-25(13-7-19)39-26-15-20(4-5-21(26)17-33-14-2-3-27(33)35)29(37)31-22-16-28(36)34(18-22)24-10-11-24/h4-7,12-13,15,22-24H,2-3,8-11,14,16-18H2,1H3,(H,31,37). The molecule has 6 rings (SSSR count). The van der Waals surface area contributed by atoms with Crippen molar-refractivity contribution in [3.8, 4) is 11.5 Å². The average molecular weight is 531 g/mol. The van der Waals surface area contributed by atoms with Crippen LogP contribution in [0.2, 0.25) is 0 Å². The van der Waals surface area contributed by atoms with Crippen molar-refractivity contribution in [1.82, 2.24) is 20.0 Å². The highest BCUT2D eigenvalue weighted by atomic mass is 16.5. The van der Waals surface area contributed by atoms with Crippen molar-refractivity contribution < 1.29 is 23.9 Å². The Labute approximate surface area is 228 Å². The van der Waals surface area contributed by atoms with E-state index < -0.39 is 0 Å². The van der Waals surface area contributed by atoms with E-state index in [0.29, 0.717) is 67.2 Å². The fraction of sp³-hybridized carbons (Fsp3) is 0.467. The highest BCUT2D eigenvalue weighted by Crippen LogP contribution is 2.32. The lowest BCUT2D eigenvalue weighted by molar-refractivity contribution is -0.129. The summed E-state index contributed by atoms with van der Waals surface area (Å²) in [6, 6.07) is 12.7. The summed E-state index contributed by atoms with van der Waals surface area (Å²) >= 11 is 0. The molecule has 2 saturated heterocycles. The number of benzene rings is 2. The summed E-state index contributed by atoms with van der Waals surface area (Å²) in [5, 5.41) is 3.01. The van der Waals surface area contributed by atoms with Crippen LogP contribution in [0.3, 0.4) is 0 Å². The highest BCUT2D eigenvalue weighted by Gasteiger charge is 2.39. The van der Waals surface area contributed by atoms with Gasteiger partial charge >= 0.3 is 0 Å². The van der Waals surface area contributed by atoms with Crippen LogP contribution in [0.1, 0.15) is 71.2 Å². The number of carbonyl (C=O) groups excluding carboxylic acids is 4. The number of carbonyl (C=O) groups is 4. The molecule has 4 fully saturated rings. The summed E-state index contributed by atoms with van der Waals surface area (Å²) in [5.74, 6) is 0.955. The van der Waals surface area contributed by atoms with Crippen LogP contribution in [0.25, 0.3) is 0 Å². The van der Waals surface area contributed by atoms with Gasteiger partial charge in [0.05, 0.1) is 6.04 Å². The Morgan fingerprint density at radius 1 is 1.00 bits per heavy atom. The molecule has 9 nitrogen and oxygen atoms in total. The van der Waals surface area contributed by atoms with E-state index in [9.17, 15) is 19.2 Å². The van der Waals surface area contributed by atoms with Gasteiger partial charge in [0.15, 0.2) is 0 Å². The molecule has 4 amide bonds. The van der Waals surface area contributed by atoms with Crippen molar-refractivity contribution in [1.29, 1.82) is 0 Å². The van der Waals surface area contributed by atoms with E-state index in [1.54, 1.807) is 46.2 Å². The second-order valence-electron chi connectivity index (χ2n) is 11.2. The van der Waals surface area contributed by atoms with Crippen LogP contribution < -0.4 is 10.1 Å². The second kappa shape index (κ2) is 10.4. The van der Waals surface area contributed by atoms with E-state index in [2.05, 4.69) is 5.32 Å². The molecule has 2 aromatic carbocycles. The normalized spacial score (nSPS) is 20.9. The van der Waals surface area contributed by atoms with E-state index in [-0.39, 0.29) is 29.7 Å². The van der Waals surface area contributed by atoms with E-state index in [0.717, 1.165) is 37.7 Å². The Kier molecular flexibility index (Phi) is 6.74. The minimum atomic E-state index is -0.261. The first-order valence-electron chi connectivity index (χ1n) is 13.9. The lowest BCUT2D eigenvalue weighted by Crippen LogP contribution is -2.37. The van der Waals surface area contributed by atoms with Gasteiger partial charge in [-0.05, 0) is 68.5 Å². The van der Waals surface area contributed by atoms with E-state index in [4.69, 9.17) is 4.74 Å². The molecular formula is C30H34N4O5. The molecule has 1 atom stereocenters. The summed E-state index contributed by atoms with van der Waals surface area (Å²) in [5.41, 5.74) is 1.82. The van der Waals surface area contributed by atoms with Crippen LogP contribution in [0.4, 0.5) is 0 Å².